The van der Waals surface area contributed by atoms with Crippen LogP contribution in [0.1, 0.15) is 24.8 Å². The van der Waals surface area contributed by atoms with Crippen LogP contribution in [0.5, 0.6) is 0 Å². The first-order chi connectivity index (χ1) is 8.38. The van der Waals surface area contributed by atoms with Crippen molar-refractivity contribution in [3.63, 3.8) is 0 Å². The van der Waals surface area contributed by atoms with E-state index < -0.39 is 0 Å². The predicted molar refractivity (Wildman–Crippen MR) is 69.0 cm³/mol. The van der Waals surface area contributed by atoms with Gasteiger partial charge in [0.1, 0.15) is 6.29 Å². The first-order valence-corrected chi connectivity index (χ1v) is 6.39. The average molecular weight is 227 g/mol. The SMILES string of the molecule is O=CCc1cn(CC2CCC2)c2ccccc12. The van der Waals surface area contributed by atoms with Gasteiger partial charge in [-0.05, 0) is 30.4 Å². The zero-order chi connectivity index (χ0) is 11.7. The number of carbonyl (C=O) groups is 1. The van der Waals surface area contributed by atoms with E-state index in [-0.39, 0.29) is 0 Å². The molecule has 3 rings (SSSR count). The summed E-state index contributed by atoms with van der Waals surface area (Å²) in [6.07, 6.45) is 7.78. The molecule has 1 fully saturated rings. The fraction of sp³-hybridized carbons (Fsp3) is 0.400. The van der Waals surface area contributed by atoms with Crippen molar-refractivity contribution in [3.05, 3.63) is 36.0 Å². The second kappa shape index (κ2) is 4.36. The van der Waals surface area contributed by atoms with Crippen LogP contribution < -0.4 is 0 Å². The molecule has 1 aliphatic rings. The summed E-state index contributed by atoms with van der Waals surface area (Å²) in [4.78, 5) is 10.7. The van der Waals surface area contributed by atoms with Gasteiger partial charge in [0.2, 0.25) is 0 Å². The molecule has 17 heavy (non-hydrogen) atoms. The molecule has 1 saturated carbocycles. The minimum absolute atomic E-state index is 0.526. The Morgan fingerprint density at radius 3 is 2.82 bits per heavy atom. The number of nitrogens with zero attached hydrogens (tertiary/aromatic N) is 1. The zero-order valence-electron chi connectivity index (χ0n) is 9.93. The molecule has 1 heterocycles. The minimum Gasteiger partial charge on any atom is -0.347 e. The van der Waals surface area contributed by atoms with Gasteiger partial charge in [-0.15, -0.1) is 0 Å². The van der Waals surface area contributed by atoms with Crippen LogP contribution in [0, 0.1) is 5.92 Å². The quantitative estimate of drug-likeness (QED) is 0.735. The lowest BCUT2D eigenvalue weighted by Crippen LogP contribution is -2.17. The van der Waals surface area contributed by atoms with Gasteiger partial charge in [0.15, 0.2) is 0 Å². The maximum Gasteiger partial charge on any atom is 0.124 e. The molecule has 1 aromatic carbocycles. The van der Waals surface area contributed by atoms with Crippen LogP contribution in [0.25, 0.3) is 10.9 Å². The average Bonchev–Trinajstić information content (AvgIpc) is 2.64. The molecule has 0 aliphatic heterocycles. The van der Waals surface area contributed by atoms with Gasteiger partial charge in [0, 0.05) is 30.1 Å². The molecule has 2 aromatic rings. The summed E-state index contributed by atoms with van der Waals surface area (Å²) in [6, 6.07) is 8.39. The van der Waals surface area contributed by atoms with Gasteiger partial charge < -0.3 is 9.36 Å². The number of aldehydes is 1. The Morgan fingerprint density at radius 1 is 1.29 bits per heavy atom. The highest BCUT2D eigenvalue weighted by Gasteiger charge is 2.19. The minimum atomic E-state index is 0.526. The molecule has 88 valence electrons. The number of rotatable bonds is 4. The van der Waals surface area contributed by atoms with Gasteiger partial charge in [-0.3, -0.25) is 0 Å². The van der Waals surface area contributed by atoms with Crippen LogP contribution in [0.2, 0.25) is 0 Å². The van der Waals surface area contributed by atoms with Crippen molar-refractivity contribution in [1.29, 1.82) is 0 Å². The van der Waals surface area contributed by atoms with E-state index >= 15 is 0 Å². The van der Waals surface area contributed by atoms with E-state index in [2.05, 4.69) is 29.0 Å². The number of carbonyl (C=O) groups excluding carboxylic acids is 1. The Morgan fingerprint density at radius 2 is 2.12 bits per heavy atom. The first kappa shape index (κ1) is 10.6. The fourth-order valence-corrected chi connectivity index (χ4v) is 2.68. The van der Waals surface area contributed by atoms with E-state index in [0.717, 1.165) is 24.3 Å². The molecular formula is C15H17NO. The summed E-state index contributed by atoms with van der Waals surface area (Å²) in [5.41, 5.74) is 2.44. The Kier molecular flexibility index (Phi) is 2.71. The normalized spacial score (nSPS) is 16.0. The van der Waals surface area contributed by atoms with Crippen molar-refractivity contribution >= 4 is 17.2 Å². The highest BCUT2D eigenvalue weighted by Crippen LogP contribution is 2.30. The third-order valence-electron chi connectivity index (χ3n) is 3.85. The number of benzene rings is 1. The second-order valence-corrected chi connectivity index (χ2v) is 4.99. The van der Waals surface area contributed by atoms with E-state index in [9.17, 15) is 4.79 Å². The van der Waals surface area contributed by atoms with Crippen LogP contribution in [-0.2, 0) is 17.8 Å². The highest BCUT2D eigenvalue weighted by atomic mass is 16.1. The Balaban J connectivity index is 2.00. The van der Waals surface area contributed by atoms with Crippen LogP contribution in [-0.4, -0.2) is 10.9 Å². The maximum atomic E-state index is 10.7. The lowest BCUT2D eigenvalue weighted by molar-refractivity contribution is -0.107. The molecule has 1 aromatic heterocycles. The van der Waals surface area contributed by atoms with E-state index in [0.29, 0.717) is 6.42 Å². The molecule has 1 aliphatic carbocycles. The number of para-hydroxylation sites is 1. The van der Waals surface area contributed by atoms with Crippen molar-refractivity contribution in [3.8, 4) is 0 Å². The molecule has 0 radical (unpaired) electrons. The summed E-state index contributed by atoms with van der Waals surface area (Å²) in [6.45, 7) is 1.11. The van der Waals surface area contributed by atoms with Crippen molar-refractivity contribution in [1.82, 2.24) is 4.57 Å². The van der Waals surface area contributed by atoms with Crippen LogP contribution >= 0.6 is 0 Å². The Hall–Kier alpha value is -1.57. The summed E-state index contributed by atoms with van der Waals surface area (Å²) < 4.78 is 2.33. The van der Waals surface area contributed by atoms with Gasteiger partial charge in [-0.1, -0.05) is 24.6 Å². The summed E-state index contributed by atoms with van der Waals surface area (Å²) in [5.74, 6) is 0.842. The number of fused-ring (bicyclic) bond motifs is 1. The highest BCUT2D eigenvalue weighted by molar-refractivity contribution is 5.85. The zero-order valence-corrected chi connectivity index (χ0v) is 9.93. The molecule has 0 amide bonds. The Bertz CT molecular complexity index is 537. The first-order valence-electron chi connectivity index (χ1n) is 6.39. The standard InChI is InChI=1S/C15H17NO/c17-9-8-13-11-16(10-12-4-3-5-12)15-7-2-1-6-14(13)15/h1-2,6-7,9,11-12H,3-5,8,10H2. The van der Waals surface area contributed by atoms with Gasteiger partial charge >= 0.3 is 0 Å². The van der Waals surface area contributed by atoms with Gasteiger partial charge in [0.05, 0.1) is 0 Å². The molecular weight excluding hydrogens is 210 g/mol. The molecule has 0 spiro atoms. The summed E-state index contributed by atoms with van der Waals surface area (Å²) in [5, 5.41) is 1.24. The van der Waals surface area contributed by atoms with Gasteiger partial charge in [0.25, 0.3) is 0 Å². The third kappa shape index (κ3) is 1.88. The third-order valence-corrected chi connectivity index (χ3v) is 3.85. The molecule has 0 saturated heterocycles. The summed E-state index contributed by atoms with van der Waals surface area (Å²) >= 11 is 0. The maximum absolute atomic E-state index is 10.7. The van der Waals surface area contributed by atoms with Crippen molar-refractivity contribution < 1.29 is 4.79 Å². The fourth-order valence-electron chi connectivity index (χ4n) is 2.68. The molecule has 2 nitrogen and oxygen atoms in total. The van der Waals surface area contributed by atoms with E-state index in [1.54, 1.807) is 0 Å². The molecule has 2 heteroatoms. The number of aromatic nitrogens is 1. The molecule has 0 unspecified atom stereocenters. The smallest absolute Gasteiger partial charge is 0.124 e. The largest absolute Gasteiger partial charge is 0.347 e. The van der Waals surface area contributed by atoms with E-state index in [4.69, 9.17) is 0 Å². The van der Waals surface area contributed by atoms with Crippen LogP contribution in [0.15, 0.2) is 30.5 Å². The lowest BCUT2D eigenvalue weighted by Gasteiger charge is -2.26. The monoisotopic (exact) mass is 227 g/mol. The molecule has 0 atom stereocenters. The molecule has 0 bridgehead atoms. The Labute approximate surface area is 101 Å². The van der Waals surface area contributed by atoms with Gasteiger partial charge in [-0.25, -0.2) is 0 Å². The van der Waals surface area contributed by atoms with Crippen molar-refractivity contribution in [2.24, 2.45) is 5.92 Å². The second-order valence-electron chi connectivity index (χ2n) is 4.99. The number of hydrogen-bond donors (Lipinski definition) is 0. The topological polar surface area (TPSA) is 22.0 Å². The molecule has 0 N–H and O–H groups in total. The predicted octanol–water partition coefficient (Wildman–Crippen LogP) is 3.18. The van der Waals surface area contributed by atoms with Crippen molar-refractivity contribution in [2.45, 2.75) is 32.2 Å². The number of hydrogen-bond acceptors (Lipinski definition) is 1. The van der Waals surface area contributed by atoms with Gasteiger partial charge in [-0.2, -0.15) is 0 Å². The van der Waals surface area contributed by atoms with E-state index in [1.807, 2.05) is 6.07 Å². The summed E-state index contributed by atoms with van der Waals surface area (Å²) in [7, 11) is 0. The van der Waals surface area contributed by atoms with Crippen molar-refractivity contribution in [2.75, 3.05) is 0 Å². The van der Waals surface area contributed by atoms with Crippen LogP contribution in [0.4, 0.5) is 0 Å². The lowest BCUT2D eigenvalue weighted by atomic mass is 9.85. The van der Waals surface area contributed by atoms with Crippen LogP contribution in [0.3, 0.4) is 0 Å². The van der Waals surface area contributed by atoms with E-state index in [1.165, 1.54) is 30.2 Å².